The highest BCUT2D eigenvalue weighted by Crippen LogP contribution is 2.54. The summed E-state index contributed by atoms with van der Waals surface area (Å²) in [7, 11) is 0. The van der Waals surface area contributed by atoms with Crippen molar-refractivity contribution in [1.82, 2.24) is 5.32 Å². The van der Waals surface area contributed by atoms with Crippen molar-refractivity contribution in [2.75, 3.05) is 6.54 Å². The number of fused-ring (bicyclic) bond motifs is 1. The second-order valence-corrected chi connectivity index (χ2v) is 6.45. The molecule has 1 aromatic rings. The molecule has 18 heavy (non-hydrogen) atoms. The Bertz CT molecular complexity index is 480. The number of piperidine rings is 1. The zero-order valence-electron chi connectivity index (χ0n) is 10.9. The molecule has 2 bridgehead atoms. The van der Waals surface area contributed by atoms with Gasteiger partial charge in [0.1, 0.15) is 0 Å². The van der Waals surface area contributed by atoms with Crippen molar-refractivity contribution in [3.63, 3.8) is 0 Å². The Morgan fingerprint density at radius 2 is 1.94 bits per heavy atom. The summed E-state index contributed by atoms with van der Waals surface area (Å²) in [4.78, 5) is 0. The van der Waals surface area contributed by atoms with E-state index in [0.29, 0.717) is 6.04 Å². The Labute approximate surface area is 109 Å². The third-order valence-electron chi connectivity index (χ3n) is 5.86. The van der Waals surface area contributed by atoms with Gasteiger partial charge in [0, 0.05) is 17.0 Å². The molecule has 0 amide bonds. The first kappa shape index (κ1) is 11.0. The van der Waals surface area contributed by atoms with Crippen molar-refractivity contribution in [3.05, 3.63) is 35.4 Å². The zero-order valence-corrected chi connectivity index (χ0v) is 10.9. The fraction of sp³-hybridized carbons (Fsp3) is 0.625. The van der Waals surface area contributed by atoms with Gasteiger partial charge in [-0.1, -0.05) is 37.1 Å². The number of nitrogens with two attached hydrogens (primary N) is 1. The lowest BCUT2D eigenvalue weighted by Crippen LogP contribution is -2.75. The van der Waals surface area contributed by atoms with E-state index in [9.17, 15) is 0 Å². The molecule has 4 rings (SSSR count). The molecule has 0 radical (unpaired) electrons. The molecule has 1 saturated carbocycles. The van der Waals surface area contributed by atoms with Crippen LogP contribution in [-0.4, -0.2) is 18.1 Å². The van der Waals surface area contributed by atoms with Crippen LogP contribution < -0.4 is 11.1 Å². The molecule has 2 fully saturated rings. The molecule has 2 heteroatoms. The standard InChI is InChI=1S/C16H22N2/c17-16-8-4-3-7-15(16)9-10-18-14(16)11-12-5-1-2-6-13(12)15/h1-2,5-6,14,18H,3-4,7-11,17H2/t14-,15+,16?/m1/s1. The maximum absolute atomic E-state index is 6.96. The first-order chi connectivity index (χ1) is 8.76. The molecule has 1 saturated heterocycles. The van der Waals surface area contributed by atoms with Gasteiger partial charge in [0.25, 0.3) is 0 Å². The van der Waals surface area contributed by atoms with Crippen molar-refractivity contribution < 1.29 is 0 Å². The van der Waals surface area contributed by atoms with Crippen LogP contribution in [0.5, 0.6) is 0 Å². The molecular formula is C16H22N2. The van der Waals surface area contributed by atoms with Crippen LogP contribution >= 0.6 is 0 Å². The van der Waals surface area contributed by atoms with Gasteiger partial charge in [0.2, 0.25) is 0 Å². The summed E-state index contributed by atoms with van der Waals surface area (Å²) in [6, 6.07) is 9.53. The van der Waals surface area contributed by atoms with E-state index >= 15 is 0 Å². The van der Waals surface area contributed by atoms with Crippen LogP contribution in [-0.2, 0) is 11.8 Å². The predicted molar refractivity (Wildman–Crippen MR) is 73.6 cm³/mol. The maximum atomic E-state index is 6.96. The van der Waals surface area contributed by atoms with E-state index in [1.54, 1.807) is 5.56 Å². The molecular weight excluding hydrogens is 220 g/mol. The van der Waals surface area contributed by atoms with E-state index < -0.39 is 0 Å². The summed E-state index contributed by atoms with van der Waals surface area (Å²) in [5.74, 6) is 0. The summed E-state index contributed by atoms with van der Waals surface area (Å²) in [5.41, 5.74) is 10.3. The van der Waals surface area contributed by atoms with Crippen LogP contribution in [0.4, 0.5) is 0 Å². The van der Waals surface area contributed by atoms with E-state index in [2.05, 4.69) is 29.6 Å². The highest BCUT2D eigenvalue weighted by atomic mass is 15.0. The predicted octanol–water partition coefficient (Wildman–Crippen LogP) is 2.11. The molecule has 1 aliphatic heterocycles. The van der Waals surface area contributed by atoms with Gasteiger partial charge in [0.05, 0.1) is 0 Å². The monoisotopic (exact) mass is 242 g/mol. The maximum Gasteiger partial charge on any atom is 0.0411 e. The van der Waals surface area contributed by atoms with Gasteiger partial charge in [-0.15, -0.1) is 0 Å². The Morgan fingerprint density at radius 3 is 2.89 bits per heavy atom. The van der Waals surface area contributed by atoms with E-state index in [1.165, 1.54) is 37.7 Å². The van der Waals surface area contributed by atoms with Gasteiger partial charge in [0.15, 0.2) is 0 Å². The van der Waals surface area contributed by atoms with Gasteiger partial charge in [-0.25, -0.2) is 0 Å². The molecule has 2 nitrogen and oxygen atoms in total. The van der Waals surface area contributed by atoms with Gasteiger partial charge in [-0.3, -0.25) is 0 Å². The van der Waals surface area contributed by atoms with E-state index in [-0.39, 0.29) is 11.0 Å². The van der Waals surface area contributed by atoms with Crippen LogP contribution in [0.1, 0.15) is 43.2 Å². The highest BCUT2D eigenvalue weighted by molar-refractivity contribution is 5.45. The minimum atomic E-state index is -0.00213. The normalized spacial score (nSPS) is 41.9. The molecule has 1 aromatic carbocycles. The zero-order chi connectivity index (χ0) is 12.2. The molecule has 2 aliphatic carbocycles. The molecule has 3 N–H and O–H groups in total. The van der Waals surface area contributed by atoms with Crippen molar-refractivity contribution >= 4 is 0 Å². The Kier molecular flexibility index (Phi) is 2.19. The lowest BCUT2D eigenvalue weighted by atomic mass is 9.49. The van der Waals surface area contributed by atoms with Gasteiger partial charge < -0.3 is 11.1 Å². The first-order valence-electron chi connectivity index (χ1n) is 7.37. The van der Waals surface area contributed by atoms with E-state index in [0.717, 1.165) is 13.0 Å². The van der Waals surface area contributed by atoms with Crippen LogP contribution in [0.3, 0.4) is 0 Å². The Morgan fingerprint density at radius 1 is 1.11 bits per heavy atom. The SMILES string of the molecule is NC12CCCC[C@@]13CCN[C@@H]2Cc1ccccc13. The van der Waals surface area contributed by atoms with Gasteiger partial charge in [-0.05, 0) is 43.4 Å². The molecule has 3 atom stereocenters. The van der Waals surface area contributed by atoms with E-state index in [4.69, 9.17) is 5.73 Å². The van der Waals surface area contributed by atoms with Gasteiger partial charge >= 0.3 is 0 Å². The molecule has 96 valence electrons. The van der Waals surface area contributed by atoms with Crippen LogP contribution in [0.25, 0.3) is 0 Å². The summed E-state index contributed by atoms with van der Waals surface area (Å²) in [5, 5.41) is 3.70. The van der Waals surface area contributed by atoms with Crippen molar-refractivity contribution in [1.29, 1.82) is 0 Å². The summed E-state index contributed by atoms with van der Waals surface area (Å²) in [6.07, 6.45) is 7.47. The quantitative estimate of drug-likeness (QED) is 0.731. The first-order valence-corrected chi connectivity index (χ1v) is 7.37. The van der Waals surface area contributed by atoms with Crippen LogP contribution in [0.2, 0.25) is 0 Å². The average molecular weight is 242 g/mol. The highest BCUT2D eigenvalue weighted by Gasteiger charge is 2.59. The summed E-state index contributed by atoms with van der Waals surface area (Å²) >= 11 is 0. The molecule has 3 aliphatic rings. The smallest absolute Gasteiger partial charge is 0.0411 e. The number of nitrogens with one attached hydrogen (secondary N) is 1. The summed E-state index contributed by atoms with van der Waals surface area (Å²) < 4.78 is 0. The Hall–Kier alpha value is -0.860. The van der Waals surface area contributed by atoms with Crippen molar-refractivity contribution in [2.24, 2.45) is 5.73 Å². The second kappa shape index (κ2) is 3.58. The molecule has 1 unspecified atom stereocenters. The largest absolute Gasteiger partial charge is 0.323 e. The fourth-order valence-corrected chi connectivity index (χ4v) is 4.98. The number of hydrogen-bond acceptors (Lipinski definition) is 2. The van der Waals surface area contributed by atoms with Crippen LogP contribution in [0, 0.1) is 0 Å². The number of benzene rings is 1. The van der Waals surface area contributed by atoms with Crippen LogP contribution in [0.15, 0.2) is 24.3 Å². The topological polar surface area (TPSA) is 38.0 Å². The number of rotatable bonds is 0. The number of hydrogen-bond donors (Lipinski definition) is 2. The third kappa shape index (κ3) is 1.16. The van der Waals surface area contributed by atoms with E-state index in [1.807, 2.05) is 0 Å². The average Bonchev–Trinajstić information content (AvgIpc) is 2.38. The lowest BCUT2D eigenvalue weighted by molar-refractivity contribution is 0.0467. The lowest BCUT2D eigenvalue weighted by Gasteiger charge is -2.62. The minimum Gasteiger partial charge on any atom is -0.323 e. The second-order valence-electron chi connectivity index (χ2n) is 6.45. The van der Waals surface area contributed by atoms with Crippen molar-refractivity contribution in [2.45, 2.75) is 55.5 Å². The molecule has 0 spiro atoms. The minimum absolute atomic E-state index is 0.00213. The van der Waals surface area contributed by atoms with Crippen molar-refractivity contribution in [3.8, 4) is 0 Å². The Balaban J connectivity index is 1.96. The summed E-state index contributed by atoms with van der Waals surface area (Å²) in [6.45, 7) is 1.14. The third-order valence-corrected chi connectivity index (χ3v) is 5.86. The molecule has 1 heterocycles. The fourth-order valence-electron chi connectivity index (χ4n) is 4.98. The van der Waals surface area contributed by atoms with Gasteiger partial charge in [-0.2, -0.15) is 0 Å². The molecule has 0 aromatic heterocycles.